The van der Waals surface area contributed by atoms with E-state index in [-0.39, 0.29) is 5.91 Å². The van der Waals surface area contributed by atoms with Gasteiger partial charge in [-0.15, -0.1) is 11.3 Å². The van der Waals surface area contributed by atoms with E-state index in [2.05, 4.69) is 32.4 Å². The van der Waals surface area contributed by atoms with Crippen LogP contribution in [0.3, 0.4) is 0 Å². The number of carbonyl (C=O) groups excluding carboxylic acids is 1. The van der Waals surface area contributed by atoms with E-state index >= 15 is 0 Å². The first-order chi connectivity index (χ1) is 8.74. The van der Waals surface area contributed by atoms with E-state index in [1.54, 1.807) is 23.6 Å². The number of halogens is 1. The molecule has 0 saturated carbocycles. The lowest BCUT2D eigenvalue weighted by Gasteiger charge is -2.26. The SMILES string of the molecule is O=C(c1ccc(Br)cn1)N1CCc2sccc2C1. The highest BCUT2D eigenvalue weighted by Crippen LogP contribution is 2.24. The molecule has 0 atom stereocenters. The molecule has 18 heavy (non-hydrogen) atoms. The van der Waals surface area contributed by atoms with E-state index in [1.807, 2.05) is 11.0 Å². The molecule has 0 bridgehead atoms. The van der Waals surface area contributed by atoms with E-state index in [1.165, 1.54) is 10.4 Å². The van der Waals surface area contributed by atoms with Crippen molar-refractivity contribution in [3.63, 3.8) is 0 Å². The maximum atomic E-state index is 12.3. The predicted molar refractivity (Wildman–Crippen MR) is 74.7 cm³/mol. The molecule has 92 valence electrons. The molecular weight excluding hydrogens is 312 g/mol. The van der Waals surface area contributed by atoms with Crippen LogP contribution in [0.1, 0.15) is 20.9 Å². The van der Waals surface area contributed by atoms with Crippen molar-refractivity contribution in [2.24, 2.45) is 0 Å². The van der Waals surface area contributed by atoms with E-state index in [4.69, 9.17) is 0 Å². The maximum Gasteiger partial charge on any atom is 0.272 e. The van der Waals surface area contributed by atoms with Crippen molar-refractivity contribution in [3.05, 3.63) is 50.4 Å². The number of thiophene rings is 1. The quantitative estimate of drug-likeness (QED) is 0.808. The summed E-state index contributed by atoms with van der Waals surface area (Å²) in [4.78, 5) is 19.7. The average molecular weight is 323 g/mol. The zero-order chi connectivity index (χ0) is 12.5. The number of amides is 1. The molecule has 1 amide bonds. The van der Waals surface area contributed by atoms with Crippen molar-refractivity contribution < 1.29 is 4.79 Å². The highest BCUT2D eigenvalue weighted by atomic mass is 79.9. The highest BCUT2D eigenvalue weighted by Gasteiger charge is 2.22. The third-order valence-corrected chi connectivity index (χ3v) is 4.53. The number of pyridine rings is 1. The Morgan fingerprint density at radius 3 is 3.06 bits per heavy atom. The molecule has 3 heterocycles. The van der Waals surface area contributed by atoms with Crippen LogP contribution in [-0.4, -0.2) is 22.3 Å². The van der Waals surface area contributed by atoms with Gasteiger partial charge >= 0.3 is 0 Å². The summed E-state index contributed by atoms with van der Waals surface area (Å²) >= 11 is 5.10. The standard InChI is InChI=1S/C13H11BrN2OS/c14-10-1-2-11(15-7-10)13(17)16-5-3-12-9(8-16)4-6-18-12/h1-2,4,6-7H,3,5,8H2. The zero-order valence-corrected chi connectivity index (χ0v) is 12.0. The molecule has 0 saturated heterocycles. The van der Waals surface area contributed by atoms with E-state index in [0.29, 0.717) is 12.2 Å². The summed E-state index contributed by atoms with van der Waals surface area (Å²) in [5.41, 5.74) is 1.79. The van der Waals surface area contributed by atoms with Crippen LogP contribution in [0.25, 0.3) is 0 Å². The molecule has 3 nitrogen and oxygen atoms in total. The van der Waals surface area contributed by atoms with Gasteiger partial charge < -0.3 is 4.90 Å². The van der Waals surface area contributed by atoms with Crippen LogP contribution < -0.4 is 0 Å². The summed E-state index contributed by atoms with van der Waals surface area (Å²) in [6.45, 7) is 1.49. The maximum absolute atomic E-state index is 12.3. The van der Waals surface area contributed by atoms with Crippen LogP contribution in [0.2, 0.25) is 0 Å². The largest absolute Gasteiger partial charge is 0.333 e. The van der Waals surface area contributed by atoms with E-state index in [0.717, 1.165) is 17.4 Å². The molecule has 0 N–H and O–H groups in total. The fraction of sp³-hybridized carbons (Fsp3) is 0.231. The Labute approximate surface area is 118 Å². The van der Waals surface area contributed by atoms with Gasteiger partial charge in [-0.2, -0.15) is 0 Å². The number of nitrogens with zero attached hydrogens (tertiary/aromatic N) is 2. The average Bonchev–Trinajstić information content (AvgIpc) is 2.86. The fourth-order valence-corrected chi connectivity index (χ4v) is 3.21. The fourth-order valence-electron chi connectivity index (χ4n) is 2.09. The minimum atomic E-state index is 0.0133. The summed E-state index contributed by atoms with van der Waals surface area (Å²) in [6, 6.07) is 5.71. The summed E-state index contributed by atoms with van der Waals surface area (Å²) in [6.07, 6.45) is 2.61. The van der Waals surface area contributed by atoms with Gasteiger partial charge in [0.05, 0.1) is 0 Å². The second-order valence-electron chi connectivity index (χ2n) is 4.21. The van der Waals surface area contributed by atoms with Crippen molar-refractivity contribution in [1.29, 1.82) is 0 Å². The number of fused-ring (bicyclic) bond motifs is 1. The molecule has 2 aromatic rings. The molecule has 1 aliphatic rings. The van der Waals surface area contributed by atoms with Gasteiger partial charge in [0, 0.05) is 28.6 Å². The third-order valence-electron chi connectivity index (χ3n) is 3.04. The van der Waals surface area contributed by atoms with Crippen molar-refractivity contribution in [3.8, 4) is 0 Å². The Morgan fingerprint density at radius 2 is 2.28 bits per heavy atom. The van der Waals surface area contributed by atoms with Crippen molar-refractivity contribution in [2.75, 3.05) is 6.54 Å². The molecule has 3 rings (SSSR count). The Kier molecular flexibility index (Phi) is 3.18. The van der Waals surface area contributed by atoms with Gasteiger partial charge in [-0.05, 0) is 51.5 Å². The number of rotatable bonds is 1. The van der Waals surface area contributed by atoms with Crippen molar-refractivity contribution in [1.82, 2.24) is 9.88 Å². The molecule has 1 aliphatic heterocycles. The van der Waals surface area contributed by atoms with Crippen LogP contribution in [0.4, 0.5) is 0 Å². The van der Waals surface area contributed by atoms with Gasteiger partial charge in [0.15, 0.2) is 0 Å². The summed E-state index contributed by atoms with van der Waals surface area (Å²) in [5.74, 6) is 0.0133. The van der Waals surface area contributed by atoms with Crippen LogP contribution in [0.5, 0.6) is 0 Å². The lowest BCUT2D eigenvalue weighted by molar-refractivity contribution is 0.0730. The first-order valence-corrected chi connectivity index (χ1v) is 7.37. The van der Waals surface area contributed by atoms with Crippen LogP contribution in [-0.2, 0) is 13.0 Å². The molecular formula is C13H11BrN2OS. The third kappa shape index (κ3) is 2.20. The normalized spacial score (nSPS) is 14.4. The first kappa shape index (κ1) is 11.9. The van der Waals surface area contributed by atoms with Gasteiger partial charge in [0.25, 0.3) is 5.91 Å². The van der Waals surface area contributed by atoms with Gasteiger partial charge in [0.1, 0.15) is 5.69 Å². The molecule has 0 radical (unpaired) electrons. The zero-order valence-electron chi connectivity index (χ0n) is 9.60. The van der Waals surface area contributed by atoms with Crippen LogP contribution in [0, 0.1) is 0 Å². The lowest BCUT2D eigenvalue weighted by Crippen LogP contribution is -2.35. The molecule has 0 aromatic carbocycles. The van der Waals surface area contributed by atoms with E-state index in [9.17, 15) is 4.79 Å². The number of aromatic nitrogens is 1. The minimum absolute atomic E-state index is 0.0133. The molecule has 2 aromatic heterocycles. The van der Waals surface area contributed by atoms with Crippen molar-refractivity contribution in [2.45, 2.75) is 13.0 Å². The second kappa shape index (κ2) is 4.82. The van der Waals surface area contributed by atoms with Crippen LogP contribution >= 0.6 is 27.3 Å². The summed E-state index contributed by atoms with van der Waals surface area (Å²) in [5, 5.41) is 2.09. The molecule has 0 aliphatic carbocycles. The van der Waals surface area contributed by atoms with Gasteiger partial charge in [-0.1, -0.05) is 0 Å². The van der Waals surface area contributed by atoms with Gasteiger partial charge in [0.2, 0.25) is 0 Å². The van der Waals surface area contributed by atoms with Crippen molar-refractivity contribution >= 4 is 33.2 Å². The van der Waals surface area contributed by atoms with E-state index < -0.39 is 0 Å². The Morgan fingerprint density at radius 1 is 1.39 bits per heavy atom. The highest BCUT2D eigenvalue weighted by molar-refractivity contribution is 9.10. The topological polar surface area (TPSA) is 33.2 Å². The van der Waals surface area contributed by atoms with Gasteiger partial charge in [-0.25, -0.2) is 4.98 Å². The number of hydrogen-bond acceptors (Lipinski definition) is 3. The molecule has 0 spiro atoms. The summed E-state index contributed by atoms with van der Waals surface area (Å²) in [7, 11) is 0. The molecule has 0 fully saturated rings. The predicted octanol–water partition coefficient (Wildman–Crippen LogP) is 3.10. The number of hydrogen-bond donors (Lipinski definition) is 0. The van der Waals surface area contributed by atoms with Crippen LogP contribution in [0.15, 0.2) is 34.2 Å². The minimum Gasteiger partial charge on any atom is -0.333 e. The second-order valence-corrected chi connectivity index (χ2v) is 6.12. The Bertz CT molecular complexity index is 579. The van der Waals surface area contributed by atoms with Gasteiger partial charge in [-0.3, -0.25) is 4.79 Å². The Balaban J connectivity index is 1.80. The summed E-state index contributed by atoms with van der Waals surface area (Å²) < 4.78 is 0.887. The molecule has 0 unspecified atom stereocenters. The molecule has 5 heteroatoms. The number of carbonyl (C=O) groups is 1. The lowest BCUT2D eigenvalue weighted by atomic mass is 10.1. The monoisotopic (exact) mass is 322 g/mol. The smallest absolute Gasteiger partial charge is 0.272 e. The first-order valence-electron chi connectivity index (χ1n) is 5.70. The Hall–Kier alpha value is -1.20.